The van der Waals surface area contributed by atoms with Crippen LogP contribution >= 0.6 is 0 Å². The van der Waals surface area contributed by atoms with Gasteiger partial charge in [0.15, 0.2) is 0 Å². The highest BCUT2D eigenvalue weighted by molar-refractivity contribution is 5.70. The molecule has 0 amide bonds. The summed E-state index contributed by atoms with van der Waals surface area (Å²) in [6.07, 6.45) is -4.91. The number of phenolic OH excluding ortho intramolecular Hbond substituents is 1. The van der Waals surface area contributed by atoms with Gasteiger partial charge in [-0.15, -0.1) is 10.2 Å². The molecule has 2 rings (SSSR count). The Balaban J connectivity index is 2.18. The van der Waals surface area contributed by atoms with Gasteiger partial charge < -0.3 is 15.2 Å². The molecule has 1 atom stereocenters. The van der Waals surface area contributed by atoms with Crippen molar-refractivity contribution in [1.82, 2.24) is 10.2 Å². The largest absolute Gasteiger partial charge is 0.507 e. The number of esters is 1. The smallest absolute Gasteiger partial charge is 0.416 e. The van der Waals surface area contributed by atoms with Crippen LogP contribution in [0, 0.1) is 6.92 Å². The molecular weight excluding hydrogens is 351 g/mol. The number of nitrogens with one attached hydrogen (secondary N) is 1. The molecular formula is C17H18F3N3O3. The van der Waals surface area contributed by atoms with Crippen molar-refractivity contribution in [1.29, 1.82) is 0 Å². The lowest BCUT2D eigenvalue weighted by molar-refractivity contribution is -0.144. The molecule has 0 bridgehead atoms. The van der Waals surface area contributed by atoms with Crippen molar-refractivity contribution in [3.63, 3.8) is 0 Å². The van der Waals surface area contributed by atoms with Gasteiger partial charge in [-0.05, 0) is 43.7 Å². The Morgan fingerprint density at radius 1 is 1.31 bits per heavy atom. The zero-order valence-electron chi connectivity index (χ0n) is 14.4. The van der Waals surface area contributed by atoms with Gasteiger partial charge in [-0.2, -0.15) is 13.2 Å². The molecule has 0 saturated heterocycles. The molecule has 1 aromatic carbocycles. The number of phenols is 1. The standard InChI is InChI=1S/C17H18F3N3O3/c1-9-6-15(21-8-10(2)26-11(3)24)22-23-16(9)13-5-4-12(7-14(13)25)17(18,19)20/h4-7,10,25H,8H2,1-3H3,(H,21,22)/t10-/m1/s1. The highest BCUT2D eigenvalue weighted by Gasteiger charge is 2.31. The fraction of sp³-hybridized carbons (Fsp3) is 0.353. The van der Waals surface area contributed by atoms with Crippen molar-refractivity contribution in [3.05, 3.63) is 35.4 Å². The van der Waals surface area contributed by atoms with Crippen molar-refractivity contribution in [2.75, 3.05) is 11.9 Å². The minimum Gasteiger partial charge on any atom is -0.507 e. The Labute approximate surface area is 148 Å². The molecule has 6 nitrogen and oxygen atoms in total. The monoisotopic (exact) mass is 369 g/mol. The number of rotatable bonds is 5. The van der Waals surface area contributed by atoms with Crippen molar-refractivity contribution in [2.45, 2.75) is 33.1 Å². The Morgan fingerprint density at radius 2 is 2.00 bits per heavy atom. The lowest BCUT2D eigenvalue weighted by atomic mass is 10.0. The number of aryl methyl sites for hydroxylation is 1. The lowest BCUT2D eigenvalue weighted by Crippen LogP contribution is -2.22. The summed E-state index contributed by atoms with van der Waals surface area (Å²) >= 11 is 0. The second kappa shape index (κ2) is 7.59. The molecule has 140 valence electrons. The molecule has 0 unspecified atom stereocenters. The summed E-state index contributed by atoms with van der Waals surface area (Å²) in [6, 6.07) is 4.33. The first-order valence-corrected chi connectivity index (χ1v) is 7.74. The Kier molecular flexibility index (Phi) is 5.69. The van der Waals surface area contributed by atoms with Crippen LogP contribution in [0.5, 0.6) is 5.75 Å². The van der Waals surface area contributed by atoms with E-state index >= 15 is 0 Å². The molecule has 0 radical (unpaired) electrons. The van der Waals surface area contributed by atoms with Crippen LogP contribution in [0.1, 0.15) is 25.0 Å². The fourth-order valence-electron chi connectivity index (χ4n) is 2.32. The normalized spacial score (nSPS) is 12.5. The number of hydrogen-bond acceptors (Lipinski definition) is 6. The quantitative estimate of drug-likeness (QED) is 0.785. The molecule has 2 N–H and O–H groups in total. The molecule has 9 heteroatoms. The summed E-state index contributed by atoms with van der Waals surface area (Å²) < 4.78 is 43.0. The number of benzene rings is 1. The third kappa shape index (κ3) is 4.84. The number of aromatic nitrogens is 2. The van der Waals surface area contributed by atoms with Crippen LogP contribution in [-0.4, -0.2) is 33.9 Å². The zero-order valence-corrected chi connectivity index (χ0v) is 14.4. The lowest BCUT2D eigenvalue weighted by Gasteiger charge is -2.14. The van der Waals surface area contributed by atoms with Gasteiger partial charge in [0.1, 0.15) is 17.7 Å². The van der Waals surface area contributed by atoms with Crippen molar-refractivity contribution in [3.8, 4) is 17.0 Å². The number of alkyl halides is 3. The first-order valence-electron chi connectivity index (χ1n) is 7.74. The topological polar surface area (TPSA) is 84.3 Å². The van der Waals surface area contributed by atoms with Crippen LogP contribution in [-0.2, 0) is 15.7 Å². The van der Waals surface area contributed by atoms with Gasteiger partial charge in [-0.3, -0.25) is 4.79 Å². The van der Waals surface area contributed by atoms with E-state index < -0.39 is 23.5 Å². The van der Waals surface area contributed by atoms with E-state index in [1.165, 1.54) is 6.92 Å². The third-order valence-corrected chi connectivity index (χ3v) is 3.50. The minimum absolute atomic E-state index is 0.155. The first kappa shape index (κ1) is 19.5. The molecule has 2 aromatic rings. The molecule has 0 saturated carbocycles. The van der Waals surface area contributed by atoms with Crippen molar-refractivity contribution >= 4 is 11.8 Å². The first-order chi connectivity index (χ1) is 12.1. The SMILES string of the molecule is CC(=O)O[C@H](C)CNc1cc(C)c(-c2ccc(C(F)(F)F)cc2O)nn1. The Morgan fingerprint density at radius 3 is 2.54 bits per heavy atom. The van der Waals surface area contributed by atoms with Crippen LogP contribution in [0.3, 0.4) is 0 Å². The van der Waals surface area contributed by atoms with Crippen LogP contribution in [0.2, 0.25) is 0 Å². The van der Waals surface area contributed by atoms with E-state index in [1.54, 1.807) is 19.9 Å². The van der Waals surface area contributed by atoms with E-state index in [1.807, 2.05) is 0 Å². The van der Waals surface area contributed by atoms with E-state index in [9.17, 15) is 23.1 Å². The van der Waals surface area contributed by atoms with Gasteiger partial charge in [0.05, 0.1) is 17.8 Å². The van der Waals surface area contributed by atoms with E-state index in [2.05, 4.69) is 15.5 Å². The summed E-state index contributed by atoms with van der Waals surface area (Å²) in [4.78, 5) is 10.9. The maximum atomic E-state index is 12.7. The van der Waals surface area contributed by atoms with Gasteiger partial charge in [-0.25, -0.2) is 0 Å². The number of carbonyl (C=O) groups is 1. The van der Waals surface area contributed by atoms with Crippen LogP contribution in [0.4, 0.5) is 19.0 Å². The molecule has 0 aliphatic carbocycles. The average molecular weight is 369 g/mol. The van der Waals surface area contributed by atoms with Gasteiger partial charge in [0.25, 0.3) is 0 Å². The second-order valence-electron chi connectivity index (χ2n) is 5.79. The molecule has 1 aromatic heterocycles. The van der Waals surface area contributed by atoms with Crippen LogP contribution < -0.4 is 5.32 Å². The summed E-state index contributed by atoms with van der Waals surface area (Å²) in [5, 5.41) is 20.8. The van der Waals surface area contributed by atoms with Crippen LogP contribution in [0.25, 0.3) is 11.3 Å². The maximum Gasteiger partial charge on any atom is 0.416 e. The van der Waals surface area contributed by atoms with E-state index in [0.29, 0.717) is 24.0 Å². The summed E-state index contributed by atoms with van der Waals surface area (Å²) in [6.45, 7) is 5.04. The van der Waals surface area contributed by atoms with Gasteiger partial charge >= 0.3 is 12.1 Å². The Hall–Kier alpha value is -2.84. The number of ether oxygens (including phenoxy) is 1. The summed E-state index contributed by atoms with van der Waals surface area (Å²) in [5.41, 5.74) is 0.0949. The number of halogens is 3. The molecule has 26 heavy (non-hydrogen) atoms. The molecule has 0 fully saturated rings. The van der Waals surface area contributed by atoms with Crippen molar-refractivity contribution in [2.24, 2.45) is 0 Å². The van der Waals surface area contributed by atoms with E-state index in [4.69, 9.17) is 4.74 Å². The second-order valence-corrected chi connectivity index (χ2v) is 5.79. The maximum absolute atomic E-state index is 12.7. The summed E-state index contributed by atoms with van der Waals surface area (Å²) in [5.74, 6) is -0.507. The number of aromatic hydroxyl groups is 1. The average Bonchev–Trinajstić information content (AvgIpc) is 2.52. The van der Waals surface area contributed by atoms with Gasteiger partial charge in [0, 0.05) is 12.5 Å². The molecule has 0 aliphatic rings. The van der Waals surface area contributed by atoms with Crippen molar-refractivity contribution < 1.29 is 27.8 Å². The number of anilines is 1. The number of hydrogen-bond donors (Lipinski definition) is 2. The molecule has 0 aliphatic heterocycles. The summed E-state index contributed by atoms with van der Waals surface area (Å²) in [7, 11) is 0. The van der Waals surface area contributed by atoms with Gasteiger partial charge in [-0.1, -0.05) is 0 Å². The molecule has 0 spiro atoms. The van der Waals surface area contributed by atoms with Gasteiger partial charge in [0.2, 0.25) is 0 Å². The zero-order chi connectivity index (χ0) is 19.5. The van der Waals surface area contributed by atoms with Crippen LogP contribution in [0.15, 0.2) is 24.3 Å². The highest BCUT2D eigenvalue weighted by atomic mass is 19.4. The minimum atomic E-state index is -4.54. The highest BCUT2D eigenvalue weighted by Crippen LogP contribution is 2.36. The predicted octanol–water partition coefficient (Wildman–Crippen LogP) is 3.54. The fourth-order valence-corrected chi connectivity index (χ4v) is 2.32. The van der Waals surface area contributed by atoms with E-state index in [-0.39, 0.29) is 17.4 Å². The number of nitrogens with zero attached hydrogens (tertiary/aromatic N) is 2. The number of carbonyl (C=O) groups excluding carboxylic acids is 1. The predicted molar refractivity (Wildman–Crippen MR) is 88.6 cm³/mol. The molecule has 1 heterocycles. The Bertz CT molecular complexity index is 810. The third-order valence-electron chi connectivity index (χ3n) is 3.50. The van der Waals surface area contributed by atoms with E-state index in [0.717, 1.165) is 12.1 Å².